The molecule has 1 aromatic carbocycles. The van der Waals surface area contributed by atoms with Crippen LogP contribution < -0.4 is 16.4 Å². The molecule has 1 rings (SSSR count). The zero-order chi connectivity index (χ0) is 16.7. The molecule has 0 aliphatic rings. The highest BCUT2D eigenvalue weighted by atomic mass is 16.2. The first-order valence-corrected chi connectivity index (χ1v) is 7.22. The maximum Gasteiger partial charge on any atom is 0.243 e. The molecule has 0 aromatic heterocycles. The van der Waals surface area contributed by atoms with Gasteiger partial charge in [0.25, 0.3) is 0 Å². The summed E-state index contributed by atoms with van der Waals surface area (Å²) in [6, 6.07) is 7.77. The molecule has 0 heterocycles. The number of nitrogens with one attached hydrogen (secondary N) is 2. The summed E-state index contributed by atoms with van der Waals surface area (Å²) in [6.45, 7) is 4.98. The molecule has 0 aliphatic carbocycles. The van der Waals surface area contributed by atoms with E-state index in [4.69, 9.17) is 5.73 Å². The summed E-state index contributed by atoms with van der Waals surface area (Å²) >= 11 is 0. The van der Waals surface area contributed by atoms with Gasteiger partial charge in [-0.05, 0) is 11.5 Å². The van der Waals surface area contributed by atoms with Crippen LogP contribution in [0, 0.1) is 5.92 Å². The first-order valence-electron chi connectivity index (χ1n) is 7.22. The highest BCUT2D eigenvalue weighted by Gasteiger charge is 2.27. The number of carbonyl (C=O) groups is 3. The summed E-state index contributed by atoms with van der Waals surface area (Å²) in [4.78, 5) is 35.1. The van der Waals surface area contributed by atoms with Crippen molar-refractivity contribution in [2.75, 3.05) is 0 Å². The van der Waals surface area contributed by atoms with Gasteiger partial charge < -0.3 is 16.4 Å². The van der Waals surface area contributed by atoms with Crippen LogP contribution in [0.1, 0.15) is 26.3 Å². The average Bonchev–Trinajstić information content (AvgIpc) is 2.44. The smallest absolute Gasteiger partial charge is 0.243 e. The van der Waals surface area contributed by atoms with Crippen LogP contribution in [0.4, 0.5) is 0 Å². The molecule has 0 radical (unpaired) electrons. The number of primary amides is 1. The lowest BCUT2D eigenvalue weighted by atomic mass is 10.0. The van der Waals surface area contributed by atoms with E-state index in [0.717, 1.165) is 5.56 Å². The number of hydrogen-bond acceptors (Lipinski definition) is 3. The van der Waals surface area contributed by atoms with E-state index < -0.39 is 23.9 Å². The minimum atomic E-state index is -0.815. The summed E-state index contributed by atoms with van der Waals surface area (Å²) in [5, 5.41) is 5.21. The molecular weight excluding hydrogens is 282 g/mol. The largest absolute Gasteiger partial charge is 0.368 e. The minimum absolute atomic E-state index is 0.103. The van der Waals surface area contributed by atoms with E-state index >= 15 is 0 Å². The lowest BCUT2D eigenvalue weighted by Crippen LogP contribution is -2.55. The van der Waals surface area contributed by atoms with Crippen molar-refractivity contribution in [2.45, 2.75) is 39.3 Å². The molecule has 0 unspecified atom stereocenters. The Morgan fingerprint density at radius 3 is 2.14 bits per heavy atom. The molecule has 22 heavy (non-hydrogen) atoms. The van der Waals surface area contributed by atoms with Crippen LogP contribution in [-0.2, 0) is 20.8 Å². The van der Waals surface area contributed by atoms with Crippen LogP contribution in [0.2, 0.25) is 0 Å². The maximum atomic E-state index is 12.3. The number of hydrogen-bond donors (Lipinski definition) is 3. The molecule has 0 saturated carbocycles. The van der Waals surface area contributed by atoms with Crippen molar-refractivity contribution < 1.29 is 14.4 Å². The second-order valence-corrected chi connectivity index (χ2v) is 5.58. The van der Waals surface area contributed by atoms with E-state index in [9.17, 15) is 14.4 Å². The quantitative estimate of drug-likeness (QED) is 0.678. The SMILES string of the molecule is CC(=O)N[C@H](C(=O)N[C@@H](Cc1ccccc1)C(N)=O)C(C)C. The average molecular weight is 305 g/mol. The van der Waals surface area contributed by atoms with Gasteiger partial charge >= 0.3 is 0 Å². The van der Waals surface area contributed by atoms with Gasteiger partial charge in [-0.3, -0.25) is 14.4 Å². The molecule has 0 fully saturated rings. The zero-order valence-corrected chi connectivity index (χ0v) is 13.1. The molecule has 1 aromatic rings. The second-order valence-electron chi connectivity index (χ2n) is 5.58. The van der Waals surface area contributed by atoms with Crippen molar-refractivity contribution in [3.8, 4) is 0 Å². The molecule has 4 N–H and O–H groups in total. The second kappa shape index (κ2) is 8.17. The number of carbonyl (C=O) groups excluding carboxylic acids is 3. The van der Waals surface area contributed by atoms with Gasteiger partial charge in [-0.2, -0.15) is 0 Å². The fraction of sp³-hybridized carbons (Fsp3) is 0.438. The van der Waals surface area contributed by atoms with Crippen molar-refractivity contribution in [3.63, 3.8) is 0 Å². The van der Waals surface area contributed by atoms with Crippen molar-refractivity contribution in [1.82, 2.24) is 10.6 Å². The molecule has 3 amide bonds. The molecule has 0 aliphatic heterocycles. The Morgan fingerprint density at radius 2 is 1.68 bits per heavy atom. The highest BCUT2D eigenvalue weighted by Crippen LogP contribution is 2.06. The van der Waals surface area contributed by atoms with E-state index in [2.05, 4.69) is 10.6 Å². The molecule has 120 valence electrons. The van der Waals surface area contributed by atoms with E-state index in [1.165, 1.54) is 6.92 Å². The van der Waals surface area contributed by atoms with Crippen LogP contribution in [0.25, 0.3) is 0 Å². The van der Waals surface area contributed by atoms with Crippen LogP contribution in [0.3, 0.4) is 0 Å². The molecule has 0 spiro atoms. The Balaban J connectivity index is 2.78. The van der Waals surface area contributed by atoms with Gasteiger partial charge in [-0.1, -0.05) is 44.2 Å². The monoisotopic (exact) mass is 305 g/mol. The lowest BCUT2D eigenvalue weighted by Gasteiger charge is -2.24. The number of nitrogens with two attached hydrogens (primary N) is 1. The van der Waals surface area contributed by atoms with E-state index in [0.29, 0.717) is 6.42 Å². The van der Waals surface area contributed by atoms with Gasteiger partial charge in [0.05, 0.1) is 0 Å². The molecular formula is C16H23N3O3. The van der Waals surface area contributed by atoms with Crippen LogP contribution in [-0.4, -0.2) is 29.8 Å². The fourth-order valence-corrected chi connectivity index (χ4v) is 2.09. The summed E-state index contributed by atoms with van der Waals surface area (Å²) < 4.78 is 0. The predicted molar refractivity (Wildman–Crippen MR) is 83.7 cm³/mol. The van der Waals surface area contributed by atoms with E-state index in [1.54, 1.807) is 0 Å². The van der Waals surface area contributed by atoms with Crippen molar-refractivity contribution in [3.05, 3.63) is 35.9 Å². The third kappa shape index (κ3) is 5.55. The van der Waals surface area contributed by atoms with Crippen molar-refractivity contribution in [2.24, 2.45) is 11.7 Å². The maximum absolute atomic E-state index is 12.3. The van der Waals surface area contributed by atoms with E-state index in [-0.39, 0.29) is 11.8 Å². The Morgan fingerprint density at radius 1 is 1.09 bits per heavy atom. The highest BCUT2D eigenvalue weighted by molar-refractivity contribution is 5.91. The summed E-state index contributed by atoms with van der Waals surface area (Å²) in [6.07, 6.45) is 0.312. The first kappa shape index (κ1) is 17.7. The van der Waals surface area contributed by atoms with E-state index in [1.807, 2.05) is 44.2 Å². The topological polar surface area (TPSA) is 101 Å². The van der Waals surface area contributed by atoms with Gasteiger partial charge in [-0.15, -0.1) is 0 Å². The lowest BCUT2D eigenvalue weighted by molar-refractivity contribution is -0.131. The molecule has 0 bridgehead atoms. The molecule has 6 nitrogen and oxygen atoms in total. The van der Waals surface area contributed by atoms with Crippen LogP contribution >= 0.6 is 0 Å². The minimum Gasteiger partial charge on any atom is -0.368 e. The van der Waals surface area contributed by atoms with Gasteiger partial charge in [0.15, 0.2) is 0 Å². The summed E-state index contributed by atoms with van der Waals surface area (Å²) in [5.74, 6) is -1.42. The number of amides is 3. The Hall–Kier alpha value is -2.37. The molecule has 6 heteroatoms. The first-order chi connectivity index (χ1) is 10.3. The van der Waals surface area contributed by atoms with Crippen molar-refractivity contribution >= 4 is 17.7 Å². The van der Waals surface area contributed by atoms with Gasteiger partial charge in [0.1, 0.15) is 12.1 Å². The third-order valence-corrected chi connectivity index (χ3v) is 3.25. The molecule has 2 atom stereocenters. The van der Waals surface area contributed by atoms with Gasteiger partial charge in [-0.25, -0.2) is 0 Å². The van der Waals surface area contributed by atoms with Crippen LogP contribution in [0.15, 0.2) is 30.3 Å². The number of rotatable bonds is 7. The Labute approximate surface area is 130 Å². The fourth-order valence-electron chi connectivity index (χ4n) is 2.09. The standard InChI is InChI=1S/C16H23N3O3/c1-10(2)14(18-11(3)20)16(22)19-13(15(17)21)9-12-7-5-4-6-8-12/h4-8,10,13-14H,9H2,1-3H3,(H2,17,21)(H,18,20)(H,19,22)/t13-,14-/m0/s1. The normalized spacial score (nSPS) is 13.3. The summed E-state index contributed by atoms with van der Waals surface area (Å²) in [5.41, 5.74) is 6.26. The zero-order valence-electron chi connectivity index (χ0n) is 13.1. The Bertz CT molecular complexity index is 529. The molecule has 0 saturated heterocycles. The number of benzene rings is 1. The predicted octanol–water partition coefficient (Wildman–Crippen LogP) is 0.360. The van der Waals surface area contributed by atoms with Gasteiger partial charge in [0.2, 0.25) is 17.7 Å². The third-order valence-electron chi connectivity index (χ3n) is 3.25. The summed E-state index contributed by atoms with van der Waals surface area (Å²) in [7, 11) is 0. The van der Waals surface area contributed by atoms with Gasteiger partial charge in [0, 0.05) is 13.3 Å². The van der Waals surface area contributed by atoms with Crippen molar-refractivity contribution in [1.29, 1.82) is 0 Å². The van der Waals surface area contributed by atoms with Crippen LogP contribution in [0.5, 0.6) is 0 Å². The Kier molecular flexibility index (Phi) is 6.56.